The number of hydrogen-bond donors (Lipinski definition) is 1. The highest BCUT2D eigenvalue weighted by molar-refractivity contribution is 5.79. The predicted molar refractivity (Wildman–Crippen MR) is 90.9 cm³/mol. The molecule has 1 aromatic carbocycles. The van der Waals surface area contributed by atoms with E-state index in [2.05, 4.69) is 60.4 Å². The highest BCUT2D eigenvalue weighted by Crippen LogP contribution is 2.09. The van der Waals surface area contributed by atoms with E-state index < -0.39 is 0 Å². The molecule has 0 radical (unpaired) electrons. The summed E-state index contributed by atoms with van der Waals surface area (Å²) in [6, 6.07) is 8.47. The fourth-order valence-corrected chi connectivity index (χ4v) is 2.28. The van der Waals surface area contributed by atoms with Gasteiger partial charge in [0, 0.05) is 39.1 Å². The van der Waals surface area contributed by atoms with Gasteiger partial charge in [0.05, 0.1) is 12.9 Å². The van der Waals surface area contributed by atoms with Crippen LogP contribution in [0.2, 0.25) is 0 Å². The summed E-state index contributed by atoms with van der Waals surface area (Å²) in [7, 11) is 2.07. The van der Waals surface area contributed by atoms with E-state index in [4.69, 9.17) is 4.99 Å². The summed E-state index contributed by atoms with van der Waals surface area (Å²) in [5, 5.41) is 3.35. The van der Waals surface area contributed by atoms with Gasteiger partial charge in [-0.3, -0.25) is 4.99 Å². The zero-order valence-corrected chi connectivity index (χ0v) is 13.7. The smallest absolute Gasteiger partial charge is 0.194 e. The van der Waals surface area contributed by atoms with Crippen LogP contribution in [0.4, 0.5) is 0 Å². The van der Waals surface area contributed by atoms with Crippen LogP contribution < -0.4 is 5.32 Å². The number of benzene rings is 1. The maximum atomic E-state index is 4.70. The van der Waals surface area contributed by atoms with Crippen molar-refractivity contribution in [1.82, 2.24) is 19.8 Å². The maximum absolute atomic E-state index is 4.70. The molecule has 0 amide bonds. The van der Waals surface area contributed by atoms with Gasteiger partial charge in [-0.1, -0.05) is 24.3 Å². The van der Waals surface area contributed by atoms with Gasteiger partial charge in [-0.2, -0.15) is 0 Å². The molecular weight excluding hydrogens is 274 g/mol. The molecule has 0 aliphatic carbocycles. The third-order valence-electron chi connectivity index (χ3n) is 3.54. The van der Waals surface area contributed by atoms with Gasteiger partial charge >= 0.3 is 0 Å². The highest BCUT2D eigenvalue weighted by atomic mass is 15.3. The van der Waals surface area contributed by atoms with Gasteiger partial charge in [0.1, 0.15) is 0 Å². The Hall–Kier alpha value is -2.30. The number of imidazole rings is 1. The fourth-order valence-electron chi connectivity index (χ4n) is 2.28. The quantitative estimate of drug-likeness (QED) is 0.657. The van der Waals surface area contributed by atoms with Crippen LogP contribution in [-0.4, -0.2) is 40.5 Å². The first kappa shape index (κ1) is 16.1. The monoisotopic (exact) mass is 299 g/mol. The number of nitrogens with one attached hydrogen (secondary N) is 1. The predicted octanol–water partition coefficient (Wildman–Crippen LogP) is 2.29. The van der Waals surface area contributed by atoms with Crippen LogP contribution in [0.5, 0.6) is 0 Å². The molecule has 0 fully saturated rings. The van der Waals surface area contributed by atoms with Crippen molar-refractivity contribution in [3.8, 4) is 0 Å². The Morgan fingerprint density at radius 2 is 2.18 bits per heavy atom. The van der Waals surface area contributed by atoms with Gasteiger partial charge in [0.15, 0.2) is 5.96 Å². The van der Waals surface area contributed by atoms with E-state index >= 15 is 0 Å². The fraction of sp³-hybridized carbons (Fsp3) is 0.412. The molecule has 1 aromatic heterocycles. The maximum Gasteiger partial charge on any atom is 0.194 e. The molecule has 0 atom stereocenters. The van der Waals surface area contributed by atoms with E-state index in [1.165, 1.54) is 11.1 Å². The first-order valence-electron chi connectivity index (χ1n) is 7.70. The third-order valence-corrected chi connectivity index (χ3v) is 3.54. The van der Waals surface area contributed by atoms with Gasteiger partial charge in [-0.05, 0) is 25.0 Å². The Labute approximate surface area is 132 Å². The second-order valence-corrected chi connectivity index (χ2v) is 5.32. The molecular formula is C17H25N5. The van der Waals surface area contributed by atoms with Gasteiger partial charge in [0.2, 0.25) is 0 Å². The number of guanidine groups is 1. The van der Waals surface area contributed by atoms with Crippen molar-refractivity contribution in [2.24, 2.45) is 4.99 Å². The van der Waals surface area contributed by atoms with E-state index in [0.29, 0.717) is 0 Å². The summed E-state index contributed by atoms with van der Waals surface area (Å²) >= 11 is 0. The summed E-state index contributed by atoms with van der Waals surface area (Å²) < 4.78 is 2.04. The van der Waals surface area contributed by atoms with Crippen LogP contribution in [0.15, 0.2) is 48.0 Å². The lowest BCUT2D eigenvalue weighted by molar-refractivity contribution is 0.474. The second-order valence-electron chi connectivity index (χ2n) is 5.32. The zero-order valence-electron chi connectivity index (χ0n) is 13.7. The van der Waals surface area contributed by atoms with Crippen LogP contribution in [0, 0.1) is 6.92 Å². The Kier molecular flexibility index (Phi) is 6.01. The highest BCUT2D eigenvalue weighted by Gasteiger charge is 2.07. The normalized spacial score (nSPS) is 11.5. The SMILES string of the molecule is CCNC(=NCCn1ccnc1)N(C)Cc1ccccc1C. The molecule has 1 heterocycles. The molecule has 0 saturated carbocycles. The van der Waals surface area contributed by atoms with Crippen molar-refractivity contribution < 1.29 is 0 Å². The Balaban J connectivity index is 1.98. The molecule has 22 heavy (non-hydrogen) atoms. The topological polar surface area (TPSA) is 45.5 Å². The molecule has 0 aliphatic rings. The molecule has 5 nitrogen and oxygen atoms in total. The van der Waals surface area contributed by atoms with Crippen LogP contribution >= 0.6 is 0 Å². The first-order valence-corrected chi connectivity index (χ1v) is 7.70. The largest absolute Gasteiger partial charge is 0.357 e. The Morgan fingerprint density at radius 3 is 2.86 bits per heavy atom. The Morgan fingerprint density at radius 1 is 1.36 bits per heavy atom. The van der Waals surface area contributed by atoms with Crippen molar-refractivity contribution in [2.75, 3.05) is 20.1 Å². The standard InChI is InChI=1S/C17H25N5/c1-4-19-17(20-10-12-22-11-9-18-14-22)21(3)13-16-8-6-5-7-15(16)2/h5-9,11,14H,4,10,12-13H2,1-3H3,(H,19,20). The number of aryl methyl sites for hydroxylation is 1. The molecule has 0 aliphatic heterocycles. The lowest BCUT2D eigenvalue weighted by Crippen LogP contribution is -2.38. The number of nitrogens with zero attached hydrogens (tertiary/aromatic N) is 4. The van der Waals surface area contributed by atoms with E-state index in [0.717, 1.165) is 32.1 Å². The minimum Gasteiger partial charge on any atom is -0.357 e. The van der Waals surface area contributed by atoms with Crippen LogP contribution in [0.3, 0.4) is 0 Å². The number of rotatable bonds is 6. The van der Waals surface area contributed by atoms with Crippen LogP contribution in [-0.2, 0) is 13.1 Å². The average Bonchev–Trinajstić information content (AvgIpc) is 3.02. The molecule has 5 heteroatoms. The molecule has 2 aromatic rings. The minimum atomic E-state index is 0.733. The molecule has 0 unspecified atom stereocenters. The zero-order chi connectivity index (χ0) is 15.8. The summed E-state index contributed by atoms with van der Waals surface area (Å²) in [5.41, 5.74) is 2.63. The second kappa shape index (κ2) is 8.22. The molecule has 0 spiro atoms. The van der Waals surface area contributed by atoms with Gasteiger partial charge in [-0.25, -0.2) is 4.98 Å². The lowest BCUT2D eigenvalue weighted by atomic mass is 10.1. The van der Waals surface area contributed by atoms with Crippen molar-refractivity contribution >= 4 is 5.96 Å². The summed E-state index contributed by atoms with van der Waals surface area (Å²) in [5.74, 6) is 0.936. The summed E-state index contributed by atoms with van der Waals surface area (Å²) in [6.45, 7) is 7.52. The summed E-state index contributed by atoms with van der Waals surface area (Å²) in [4.78, 5) is 10.9. The average molecular weight is 299 g/mol. The molecule has 118 valence electrons. The van der Waals surface area contributed by atoms with E-state index in [-0.39, 0.29) is 0 Å². The lowest BCUT2D eigenvalue weighted by Gasteiger charge is -2.23. The molecule has 0 saturated heterocycles. The minimum absolute atomic E-state index is 0.733. The van der Waals surface area contributed by atoms with Crippen molar-refractivity contribution in [1.29, 1.82) is 0 Å². The number of aliphatic imine (C=N–C) groups is 1. The van der Waals surface area contributed by atoms with Crippen molar-refractivity contribution in [3.63, 3.8) is 0 Å². The van der Waals surface area contributed by atoms with E-state index in [1.54, 1.807) is 6.20 Å². The van der Waals surface area contributed by atoms with E-state index in [1.807, 2.05) is 17.1 Å². The van der Waals surface area contributed by atoms with E-state index in [9.17, 15) is 0 Å². The first-order chi connectivity index (χ1) is 10.7. The van der Waals surface area contributed by atoms with Crippen LogP contribution in [0.1, 0.15) is 18.1 Å². The summed E-state index contributed by atoms with van der Waals surface area (Å²) in [6.07, 6.45) is 5.57. The molecule has 0 bridgehead atoms. The number of hydrogen-bond acceptors (Lipinski definition) is 2. The van der Waals surface area contributed by atoms with Crippen molar-refractivity contribution in [2.45, 2.75) is 26.9 Å². The third kappa shape index (κ3) is 4.62. The molecule has 2 rings (SSSR count). The number of aromatic nitrogens is 2. The Bertz CT molecular complexity index is 589. The van der Waals surface area contributed by atoms with Gasteiger partial charge in [-0.15, -0.1) is 0 Å². The van der Waals surface area contributed by atoms with Gasteiger partial charge in [0.25, 0.3) is 0 Å². The van der Waals surface area contributed by atoms with Crippen molar-refractivity contribution in [3.05, 3.63) is 54.1 Å². The van der Waals surface area contributed by atoms with Crippen LogP contribution in [0.25, 0.3) is 0 Å². The van der Waals surface area contributed by atoms with Gasteiger partial charge < -0.3 is 14.8 Å². The molecule has 1 N–H and O–H groups in total.